The maximum Gasteiger partial charge on any atom is 0.274 e. The van der Waals surface area contributed by atoms with Crippen LogP contribution in [0.15, 0.2) is 53.3 Å². The quantitative estimate of drug-likeness (QED) is 0.487. The molecule has 0 saturated heterocycles. The van der Waals surface area contributed by atoms with Gasteiger partial charge in [-0.15, -0.1) is 0 Å². The summed E-state index contributed by atoms with van der Waals surface area (Å²) in [5.74, 6) is -0.382. The molecule has 3 rings (SSSR count). The summed E-state index contributed by atoms with van der Waals surface area (Å²) < 4.78 is 1.41. The lowest BCUT2D eigenvalue weighted by atomic mass is 10.1. The average Bonchev–Trinajstić information content (AvgIpc) is 2.81. The van der Waals surface area contributed by atoms with Crippen molar-refractivity contribution in [3.05, 3.63) is 70.1 Å². The lowest BCUT2D eigenvalue weighted by molar-refractivity contribution is -0.115. The summed E-state index contributed by atoms with van der Waals surface area (Å²) in [5, 5.41) is 11.3. The molecule has 0 bridgehead atoms. The number of aryl methyl sites for hydroxylation is 1. The van der Waals surface area contributed by atoms with Gasteiger partial charge in [0.1, 0.15) is 0 Å². The number of fused-ring (bicyclic) bond motifs is 1. The van der Waals surface area contributed by atoms with E-state index in [1.807, 2.05) is 31.2 Å². The van der Waals surface area contributed by atoms with E-state index in [1.165, 1.54) is 4.68 Å². The molecule has 32 heavy (non-hydrogen) atoms. The van der Waals surface area contributed by atoms with Crippen LogP contribution in [0, 0.1) is 0 Å². The smallest absolute Gasteiger partial charge is 0.274 e. The van der Waals surface area contributed by atoms with Crippen LogP contribution in [0.25, 0.3) is 10.8 Å². The Hall–Kier alpha value is -3.48. The lowest BCUT2D eigenvalue weighted by Gasteiger charge is -2.16. The largest absolute Gasteiger partial charge is 0.344 e. The van der Waals surface area contributed by atoms with Gasteiger partial charge in [-0.2, -0.15) is 5.10 Å². The third-order valence-electron chi connectivity index (χ3n) is 5.42. The van der Waals surface area contributed by atoms with E-state index in [0.717, 1.165) is 24.8 Å². The monoisotopic (exact) mass is 434 g/mol. The second-order valence-electron chi connectivity index (χ2n) is 7.85. The molecule has 0 aliphatic heterocycles. The van der Waals surface area contributed by atoms with Crippen molar-refractivity contribution >= 4 is 28.3 Å². The average molecular weight is 435 g/mol. The molecule has 1 unspecified atom stereocenters. The third kappa shape index (κ3) is 5.41. The van der Waals surface area contributed by atoms with Crippen molar-refractivity contribution in [1.82, 2.24) is 15.1 Å². The Kier molecular flexibility index (Phi) is 7.76. The number of hydrogen-bond acceptors (Lipinski definition) is 4. The van der Waals surface area contributed by atoms with Gasteiger partial charge in [0.2, 0.25) is 5.91 Å². The minimum absolute atomic E-state index is 0.0499. The molecule has 0 aliphatic carbocycles. The Morgan fingerprint density at radius 2 is 1.69 bits per heavy atom. The van der Waals surface area contributed by atoms with E-state index >= 15 is 0 Å². The fourth-order valence-corrected chi connectivity index (χ4v) is 3.52. The molecule has 0 radical (unpaired) electrons. The van der Waals surface area contributed by atoms with Gasteiger partial charge in [-0.3, -0.25) is 14.4 Å². The standard InChI is InChI=1S/C25H30N4O3/c1-4-6-9-16-29-25(32)21-11-8-7-10-20(21)23(28-29)24(31)26-17(3)18-12-14-19(15-13-18)27-22(30)5-2/h7-8,10-15,17H,4-6,9,16H2,1-3H3,(H,26,31)(H,27,30). The number of anilines is 1. The first-order valence-electron chi connectivity index (χ1n) is 11.1. The number of carbonyl (C=O) groups is 2. The highest BCUT2D eigenvalue weighted by molar-refractivity contribution is 6.04. The van der Waals surface area contributed by atoms with E-state index in [1.54, 1.807) is 31.2 Å². The Balaban J connectivity index is 1.83. The third-order valence-corrected chi connectivity index (χ3v) is 5.42. The molecule has 0 spiro atoms. The van der Waals surface area contributed by atoms with Crippen LogP contribution in [-0.2, 0) is 11.3 Å². The van der Waals surface area contributed by atoms with Crippen LogP contribution in [0.4, 0.5) is 5.69 Å². The number of unbranched alkanes of at least 4 members (excludes halogenated alkanes) is 2. The summed E-state index contributed by atoms with van der Waals surface area (Å²) in [6, 6.07) is 14.2. The van der Waals surface area contributed by atoms with Crippen molar-refractivity contribution in [2.45, 2.75) is 59.0 Å². The van der Waals surface area contributed by atoms with Crippen LogP contribution < -0.4 is 16.2 Å². The van der Waals surface area contributed by atoms with Crippen molar-refractivity contribution in [3.63, 3.8) is 0 Å². The Morgan fingerprint density at radius 3 is 2.34 bits per heavy atom. The molecule has 2 amide bonds. The molecule has 1 atom stereocenters. The summed E-state index contributed by atoms with van der Waals surface area (Å²) in [5.41, 5.74) is 1.68. The summed E-state index contributed by atoms with van der Waals surface area (Å²) in [4.78, 5) is 37.5. The molecular weight excluding hydrogens is 404 g/mol. The second-order valence-corrected chi connectivity index (χ2v) is 7.85. The van der Waals surface area contributed by atoms with Gasteiger partial charge in [0.25, 0.3) is 11.5 Å². The van der Waals surface area contributed by atoms with Gasteiger partial charge in [-0.25, -0.2) is 4.68 Å². The molecule has 7 heteroatoms. The number of hydrogen-bond donors (Lipinski definition) is 2. The number of carbonyl (C=O) groups excluding carboxylic acids is 2. The molecule has 2 N–H and O–H groups in total. The highest BCUT2D eigenvalue weighted by Crippen LogP contribution is 2.19. The predicted octanol–water partition coefficient (Wildman–Crippen LogP) is 4.43. The SMILES string of the molecule is CCCCCn1nc(C(=O)NC(C)c2ccc(NC(=O)CC)cc2)c2ccccc2c1=O. The molecule has 0 fully saturated rings. The first kappa shape index (κ1) is 23.2. The van der Waals surface area contributed by atoms with Gasteiger partial charge in [-0.1, -0.05) is 57.0 Å². The van der Waals surface area contributed by atoms with Crippen LogP contribution in [0.1, 0.15) is 68.5 Å². The number of rotatable bonds is 9. The van der Waals surface area contributed by atoms with E-state index < -0.39 is 0 Å². The maximum atomic E-state index is 13.1. The number of amides is 2. The highest BCUT2D eigenvalue weighted by Gasteiger charge is 2.19. The van der Waals surface area contributed by atoms with Gasteiger partial charge < -0.3 is 10.6 Å². The zero-order valence-corrected chi connectivity index (χ0v) is 18.9. The van der Waals surface area contributed by atoms with Crippen LogP contribution in [-0.4, -0.2) is 21.6 Å². The van der Waals surface area contributed by atoms with Gasteiger partial charge in [0.15, 0.2) is 5.69 Å². The second kappa shape index (κ2) is 10.7. The maximum absolute atomic E-state index is 13.1. The zero-order valence-electron chi connectivity index (χ0n) is 18.9. The molecule has 3 aromatic rings. The fraction of sp³-hybridized carbons (Fsp3) is 0.360. The van der Waals surface area contributed by atoms with Crippen molar-refractivity contribution in [3.8, 4) is 0 Å². The predicted molar refractivity (Wildman–Crippen MR) is 127 cm³/mol. The van der Waals surface area contributed by atoms with Crippen molar-refractivity contribution < 1.29 is 9.59 Å². The van der Waals surface area contributed by atoms with Crippen LogP contribution >= 0.6 is 0 Å². The molecule has 0 saturated carbocycles. The van der Waals surface area contributed by atoms with E-state index in [-0.39, 0.29) is 29.1 Å². The molecule has 1 aromatic heterocycles. The van der Waals surface area contributed by atoms with Gasteiger partial charge in [0.05, 0.1) is 11.4 Å². The molecule has 2 aromatic carbocycles. The van der Waals surface area contributed by atoms with Crippen molar-refractivity contribution in [2.24, 2.45) is 0 Å². The molecular formula is C25H30N4O3. The van der Waals surface area contributed by atoms with E-state index in [0.29, 0.717) is 29.4 Å². The summed E-state index contributed by atoms with van der Waals surface area (Å²) in [6.45, 7) is 6.27. The Bertz CT molecular complexity index is 1150. The minimum Gasteiger partial charge on any atom is -0.344 e. The van der Waals surface area contributed by atoms with E-state index in [9.17, 15) is 14.4 Å². The first-order chi connectivity index (χ1) is 15.4. The minimum atomic E-state index is -0.332. The summed E-state index contributed by atoms with van der Waals surface area (Å²) >= 11 is 0. The molecule has 0 aliphatic rings. The summed E-state index contributed by atoms with van der Waals surface area (Å²) in [7, 11) is 0. The van der Waals surface area contributed by atoms with Gasteiger partial charge in [-0.05, 0) is 37.1 Å². The number of aromatic nitrogens is 2. The fourth-order valence-electron chi connectivity index (χ4n) is 3.52. The van der Waals surface area contributed by atoms with E-state index in [4.69, 9.17) is 0 Å². The number of nitrogens with zero attached hydrogens (tertiary/aromatic N) is 2. The number of nitrogens with one attached hydrogen (secondary N) is 2. The Labute approximate surface area is 187 Å². The van der Waals surface area contributed by atoms with Crippen LogP contribution in [0.5, 0.6) is 0 Å². The van der Waals surface area contributed by atoms with Gasteiger partial charge >= 0.3 is 0 Å². The van der Waals surface area contributed by atoms with E-state index in [2.05, 4.69) is 22.7 Å². The topological polar surface area (TPSA) is 93.1 Å². The first-order valence-corrected chi connectivity index (χ1v) is 11.1. The van der Waals surface area contributed by atoms with Crippen LogP contribution in [0.3, 0.4) is 0 Å². The number of benzene rings is 2. The van der Waals surface area contributed by atoms with Crippen molar-refractivity contribution in [2.75, 3.05) is 5.32 Å². The molecule has 7 nitrogen and oxygen atoms in total. The Morgan fingerprint density at radius 1 is 1.00 bits per heavy atom. The lowest BCUT2D eigenvalue weighted by Crippen LogP contribution is -2.32. The zero-order chi connectivity index (χ0) is 23.1. The van der Waals surface area contributed by atoms with Crippen LogP contribution in [0.2, 0.25) is 0 Å². The van der Waals surface area contributed by atoms with Gasteiger partial charge in [0, 0.05) is 24.0 Å². The van der Waals surface area contributed by atoms with Crippen molar-refractivity contribution in [1.29, 1.82) is 0 Å². The summed E-state index contributed by atoms with van der Waals surface area (Å²) in [6.07, 6.45) is 3.28. The molecule has 1 heterocycles. The molecule has 168 valence electrons. The highest BCUT2D eigenvalue weighted by atomic mass is 16.2. The normalized spacial score (nSPS) is 11.8.